The Morgan fingerprint density at radius 2 is 0.900 bits per heavy atom. The molecule has 0 N–H and O–H groups in total. The van der Waals surface area contributed by atoms with Crippen LogP contribution in [-0.4, -0.2) is 16.0 Å². The molecule has 2 heteroatoms. The van der Waals surface area contributed by atoms with Crippen LogP contribution in [0.3, 0.4) is 0 Å². The minimum atomic E-state index is 1.16. The van der Waals surface area contributed by atoms with Gasteiger partial charge in [-0.05, 0) is 0 Å². The summed E-state index contributed by atoms with van der Waals surface area (Å²) in [7, 11) is 0. The summed E-state index contributed by atoms with van der Waals surface area (Å²) in [5, 5.41) is 0. The van der Waals surface area contributed by atoms with Crippen LogP contribution in [-0.2, 0) is 0 Å². The van der Waals surface area contributed by atoms with Crippen molar-refractivity contribution < 1.29 is 0 Å². The van der Waals surface area contributed by atoms with Gasteiger partial charge in [-0.25, -0.2) is 0 Å². The maximum atomic E-state index is 2.57. The summed E-state index contributed by atoms with van der Waals surface area (Å²) in [6.45, 7) is 0. The van der Waals surface area contributed by atoms with E-state index in [9.17, 15) is 0 Å². The Balaban J connectivity index is 2.11. The third-order valence-corrected chi connectivity index (χ3v) is 3.76. The third-order valence-electron chi connectivity index (χ3n) is 3.14. The van der Waals surface area contributed by atoms with E-state index in [1.165, 1.54) is 4.46 Å². The summed E-state index contributed by atoms with van der Waals surface area (Å²) in [5.74, 6) is 0. The molecule has 3 aromatic rings. The summed E-state index contributed by atoms with van der Waals surface area (Å²) in [5.41, 5.74) is 3.49. The number of hydrogen-bond donors (Lipinski definition) is 0. The molecule has 3 aromatic carbocycles. The number of benzene rings is 3. The van der Waals surface area contributed by atoms with Crippen LogP contribution in [0.5, 0.6) is 0 Å². The van der Waals surface area contributed by atoms with Crippen LogP contribution in [0.25, 0.3) is 0 Å². The Hall–Kier alpha value is -2.02. The molecule has 0 aliphatic heterocycles. The zero-order valence-corrected chi connectivity index (χ0v) is 12.9. The molecule has 0 atom stereocenters. The van der Waals surface area contributed by atoms with E-state index in [-0.39, 0.29) is 0 Å². The molecule has 0 saturated heterocycles. The second kappa shape index (κ2) is 5.96. The third kappa shape index (κ3) is 2.77. The average molecular weight is 324 g/mol. The molecule has 0 spiro atoms. The van der Waals surface area contributed by atoms with Gasteiger partial charge in [-0.1, -0.05) is 0 Å². The molecule has 0 amide bonds. The van der Waals surface area contributed by atoms with Crippen molar-refractivity contribution in [1.82, 2.24) is 0 Å². The predicted molar refractivity (Wildman–Crippen MR) is 87.9 cm³/mol. The molecule has 0 radical (unpaired) electrons. The molecule has 98 valence electrons. The van der Waals surface area contributed by atoms with Crippen molar-refractivity contribution >= 4 is 37.5 Å². The molecular formula is C18H15NSe. The second-order valence-corrected chi connectivity index (χ2v) is 5.61. The van der Waals surface area contributed by atoms with Gasteiger partial charge in [0.25, 0.3) is 0 Å². The topological polar surface area (TPSA) is 3.24 Å². The van der Waals surface area contributed by atoms with Gasteiger partial charge in [0.15, 0.2) is 0 Å². The molecule has 0 aliphatic rings. The zero-order valence-electron chi connectivity index (χ0n) is 11.0. The fraction of sp³-hybridized carbons (Fsp3) is 0. The van der Waals surface area contributed by atoms with E-state index >= 15 is 0 Å². The van der Waals surface area contributed by atoms with E-state index in [0.717, 1.165) is 17.1 Å². The Bertz CT molecular complexity index is 623. The number of rotatable bonds is 3. The van der Waals surface area contributed by atoms with Crippen LogP contribution in [0.1, 0.15) is 0 Å². The monoisotopic (exact) mass is 325 g/mol. The van der Waals surface area contributed by atoms with E-state index in [4.69, 9.17) is 0 Å². The number of anilines is 3. The van der Waals surface area contributed by atoms with Crippen molar-refractivity contribution in [1.29, 1.82) is 0 Å². The molecular weight excluding hydrogens is 309 g/mol. The van der Waals surface area contributed by atoms with E-state index < -0.39 is 0 Å². The van der Waals surface area contributed by atoms with Gasteiger partial charge in [0.1, 0.15) is 0 Å². The summed E-state index contributed by atoms with van der Waals surface area (Å²) in [6, 6.07) is 29.4. The van der Waals surface area contributed by atoms with E-state index in [0.29, 0.717) is 0 Å². The first-order valence-electron chi connectivity index (χ1n) is 6.54. The molecule has 3 rings (SSSR count). The molecule has 0 aliphatic carbocycles. The van der Waals surface area contributed by atoms with Crippen LogP contribution in [0, 0.1) is 0 Å². The normalized spacial score (nSPS) is 10.2. The van der Waals surface area contributed by atoms with Gasteiger partial charge in [0, 0.05) is 0 Å². The molecule has 0 aromatic heterocycles. The minimum absolute atomic E-state index is 1.16. The van der Waals surface area contributed by atoms with Crippen LogP contribution >= 0.6 is 0 Å². The van der Waals surface area contributed by atoms with Gasteiger partial charge in [-0.3, -0.25) is 0 Å². The fourth-order valence-corrected chi connectivity index (χ4v) is 2.52. The van der Waals surface area contributed by atoms with Gasteiger partial charge in [-0.2, -0.15) is 0 Å². The van der Waals surface area contributed by atoms with Crippen LogP contribution in [0.4, 0.5) is 17.1 Å². The molecule has 0 saturated carbocycles. The predicted octanol–water partition coefficient (Wildman–Crippen LogP) is 3.68. The maximum absolute atomic E-state index is 2.57. The summed E-state index contributed by atoms with van der Waals surface area (Å²) >= 11 is 2.57. The van der Waals surface area contributed by atoms with E-state index in [2.05, 4.69) is 93.7 Å². The van der Waals surface area contributed by atoms with Crippen molar-refractivity contribution in [2.24, 2.45) is 0 Å². The Kier molecular flexibility index (Phi) is 3.87. The quantitative estimate of drug-likeness (QED) is 0.664. The van der Waals surface area contributed by atoms with Crippen LogP contribution in [0.15, 0.2) is 84.9 Å². The van der Waals surface area contributed by atoms with Gasteiger partial charge >= 0.3 is 127 Å². The van der Waals surface area contributed by atoms with Gasteiger partial charge in [-0.15, -0.1) is 0 Å². The first kappa shape index (κ1) is 13.0. The van der Waals surface area contributed by atoms with Gasteiger partial charge < -0.3 is 0 Å². The van der Waals surface area contributed by atoms with E-state index in [1.807, 2.05) is 12.1 Å². The molecule has 20 heavy (non-hydrogen) atoms. The van der Waals surface area contributed by atoms with E-state index in [1.54, 1.807) is 0 Å². The summed E-state index contributed by atoms with van der Waals surface area (Å²) in [4.78, 5) is 2.26. The second-order valence-electron chi connectivity index (χ2n) is 4.52. The average Bonchev–Trinajstić information content (AvgIpc) is 2.52. The van der Waals surface area contributed by atoms with Gasteiger partial charge in [0.2, 0.25) is 0 Å². The van der Waals surface area contributed by atoms with Crippen molar-refractivity contribution in [2.45, 2.75) is 0 Å². The first-order valence-corrected chi connectivity index (χ1v) is 7.48. The number of nitrogens with zero attached hydrogens (tertiary/aromatic N) is 1. The SMILES string of the molecule is [SeH]c1ccc(N(c2ccccc2)c2ccccc2)cc1. The number of hydrogen-bond acceptors (Lipinski definition) is 1. The fourth-order valence-electron chi connectivity index (χ4n) is 2.20. The Labute approximate surface area is 127 Å². The molecule has 0 unspecified atom stereocenters. The van der Waals surface area contributed by atoms with Gasteiger partial charge in [0.05, 0.1) is 0 Å². The standard InChI is InChI=1S/C18H15NSe/c20-18-13-11-17(12-14-18)19(15-7-3-1-4-8-15)16-9-5-2-6-10-16/h1-14,20H. The van der Waals surface area contributed by atoms with Crippen molar-refractivity contribution in [3.63, 3.8) is 0 Å². The molecule has 0 heterocycles. The zero-order chi connectivity index (χ0) is 13.8. The van der Waals surface area contributed by atoms with Crippen LogP contribution in [0.2, 0.25) is 0 Å². The molecule has 1 nitrogen and oxygen atoms in total. The van der Waals surface area contributed by atoms with Crippen LogP contribution < -0.4 is 9.36 Å². The summed E-state index contributed by atoms with van der Waals surface area (Å²) in [6.07, 6.45) is 0. The summed E-state index contributed by atoms with van der Waals surface area (Å²) < 4.78 is 1.21. The Morgan fingerprint density at radius 3 is 1.35 bits per heavy atom. The van der Waals surface area contributed by atoms with Crippen molar-refractivity contribution in [3.8, 4) is 0 Å². The number of para-hydroxylation sites is 2. The van der Waals surface area contributed by atoms with Crippen molar-refractivity contribution in [3.05, 3.63) is 84.9 Å². The van der Waals surface area contributed by atoms with Crippen molar-refractivity contribution in [2.75, 3.05) is 4.90 Å². The molecule has 0 fully saturated rings. The molecule has 0 bridgehead atoms. The Morgan fingerprint density at radius 1 is 0.500 bits per heavy atom. The first-order chi connectivity index (χ1) is 9.84.